The molecule has 16 heavy (non-hydrogen) atoms. The van der Waals surface area contributed by atoms with Crippen LogP contribution in [-0.4, -0.2) is 19.8 Å². The maximum Gasteiger partial charge on any atom is 0.166 e. The number of fused-ring (bicyclic) bond motifs is 1. The molecule has 0 radical (unpaired) electrons. The number of hydrogen-bond acceptors (Lipinski definition) is 3. The van der Waals surface area contributed by atoms with Crippen molar-refractivity contribution >= 4 is 11.6 Å². The highest BCUT2D eigenvalue weighted by atomic mass is 35.5. The van der Waals surface area contributed by atoms with Crippen LogP contribution >= 0.6 is 11.6 Å². The third-order valence-electron chi connectivity index (χ3n) is 2.71. The van der Waals surface area contributed by atoms with Crippen LogP contribution in [0.1, 0.15) is 18.1 Å². The zero-order valence-corrected chi connectivity index (χ0v) is 10.3. The summed E-state index contributed by atoms with van der Waals surface area (Å²) < 4.78 is 11.0. The summed E-state index contributed by atoms with van der Waals surface area (Å²) in [7, 11) is 1.65. The van der Waals surface area contributed by atoms with Crippen molar-refractivity contribution in [2.24, 2.45) is 5.73 Å². The quantitative estimate of drug-likeness (QED) is 0.882. The van der Waals surface area contributed by atoms with E-state index in [1.165, 1.54) is 0 Å². The fourth-order valence-electron chi connectivity index (χ4n) is 2.06. The van der Waals surface area contributed by atoms with E-state index in [9.17, 15) is 0 Å². The number of ether oxygens (including phenoxy) is 2. The standard InChI is InChI=1S/C12H16ClNO2/c1-7(14)5-8-6-10(13)9-3-4-16-12(9)11(8)15-2/h6-7H,3-5,14H2,1-2H3. The van der Waals surface area contributed by atoms with Gasteiger partial charge in [0.2, 0.25) is 0 Å². The second kappa shape index (κ2) is 4.52. The van der Waals surface area contributed by atoms with Gasteiger partial charge in [-0.2, -0.15) is 0 Å². The minimum Gasteiger partial charge on any atom is -0.493 e. The topological polar surface area (TPSA) is 44.5 Å². The maximum absolute atomic E-state index is 6.21. The normalized spacial score (nSPS) is 15.5. The molecule has 4 heteroatoms. The summed E-state index contributed by atoms with van der Waals surface area (Å²) in [6, 6.07) is 2.02. The summed E-state index contributed by atoms with van der Waals surface area (Å²) in [6.45, 7) is 2.63. The third kappa shape index (κ3) is 1.97. The molecule has 0 aromatic heterocycles. The van der Waals surface area contributed by atoms with Crippen molar-refractivity contribution in [3.05, 3.63) is 22.2 Å². The minimum absolute atomic E-state index is 0.0735. The van der Waals surface area contributed by atoms with Crippen LogP contribution in [0.4, 0.5) is 0 Å². The second-order valence-corrected chi connectivity index (χ2v) is 4.55. The van der Waals surface area contributed by atoms with Crippen molar-refractivity contribution in [1.82, 2.24) is 0 Å². The predicted octanol–water partition coefficient (Wildman–Crippen LogP) is 2.17. The Hall–Kier alpha value is -0.930. The van der Waals surface area contributed by atoms with Crippen molar-refractivity contribution in [2.45, 2.75) is 25.8 Å². The summed E-state index contributed by atoms with van der Waals surface area (Å²) >= 11 is 6.21. The Balaban J connectivity index is 2.49. The van der Waals surface area contributed by atoms with Crippen LogP contribution in [0.3, 0.4) is 0 Å². The molecule has 88 valence electrons. The molecule has 0 amide bonds. The molecular weight excluding hydrogens is 226 g/mol. The molecule has 1 heterocycles. The Morgan fingerprint density at radius 1 is 1.62 bits per heavy atom. The molecule has 0 fully saturated rings. The molecule has 0 aliphatic carbocycles. The van der Waals surface area contributed by atoms with Gasteiger partial charge in [0.05, 0.1) is 13.7 Å². The number of methoxy groups -OCH3 is 1. The summed E-state index contributed by atoms with van der Waals surface area (Å²) in [6.07, 6.45) is 1.59. The largest absolute Gasteiger partial charge is 0.493 e. The van der Waals surface area contributed by atoms with Gasteiger partial charge in [-0.1, -0.05) is 11.6 Å². The fraction of sp³-hybridized carbons (Fsp3) is 0.500. The van der Waals surface area contributed by atoms with Gasteiger partial charge in [0.15, 0.2) is 11.5 Å². The van der Waals surface area contributed by atoms with Gasteiger partial charge in [0.1, 0.15) is 0 Å². The molecule has 1 atom stereocenters. The Kier molecular flexibility index (Phi) is 3.26. The SMILES string of the molecule is COc1c(CC(C)N)cc(Cl)c2c1OCC2. The highest BCUT2D eigenvalue weighted by Gasteiger charge is 2.23. The predicted molar refractivity (Wildman–Crippen MR) is 64.6 cm³/mol. The number of nitrogens with two attached hydrogens (primary N) is 1. The fourth-order valence-corrected chi connectivity index (χ4v) is 2.37. The van der Waals surface area contributed by atoms with Crippen LogP contribution in [0.5, 0.6) is 11.5 Å². The molecule has 0 bridgehead atoms. The molecule has 2 N–H and O–H groups in total. The lowest BCUT2D eigenvalue weighted by Crippen LogP contribution is -2.18. The zero-order chi connectivity index (χ0) is 11.7. The van der Waals surface area contributed by atoms with E-state index in [1.807, 2.05) is 13.0 Å². The molecule has 2 rings (SSSR count). The van der Waals surface area contributed by atoms with Gasteiger partial charge in [-0.15, -0.1) is 0 Å². The Bertz CT molecular complexity index is 404. The van der Waals surface area contributed by atoms with E-state index in [0.29, 0.717) is 6.61 Å². The maximum atomic E-state index is 6.21. The lowest BCUT2D eigenvalue weighted by atomic mass is 10.0. The van der Waals surface area contributed by atoms with Gasteiger partial charge in [-0.25, -0.2) is 0 Å². The Morgan fingerprint density at radius 2 is 2.38 bits per heavy atom. The van der Waals surface area contributed by atoms with E-state index in [1.54, 1.807) is 7.11 Å². The minimum atomic E-state index is 0.0735. The first kappa shape index (κ1) is 11.6. The molecule has 1 unspecified atom stereocenters. The number of rotatable bonds is 3. The average Bonchev–Trinajstić information content (AvgIpc) is 2.66. The lowest BCUT2D eigenvalue weighted by molar-refractivity contribution is 0.324. The Labute approximate surface area is 100 Å². The smallest absolute Gasteiger partial charge is 0.166 e. The monoisotopic (exact) mass is 241 g/mol. The van der Waals surface area contributed by atoms with E-state index >= 15 is 0 Å². The van der Waals surface area contributed by atoms with Crippen molar-refractivity contribution in [3.8, 4) is 11.5 Å². The van der Waals surface area contributed by atoms with Crippen LogP contribution in [0.15, 0.2) is 6.07 Å². The third-order valence-corrected chi connectivity index (χ3v) is 3.04. The van der Waals surface area contributed by atoms with Gasteiger partial charge in [0, 0.05) is 28.6 Å². The van der Waals surface area contributed by atoms with Gasteiger partial charge >= 0.3 is 0 Å². The zero-order valence-electron chi connectivity index (χ0n) is 9.55. The summed E-state index contributed by atoms with van der Waals surface area (Å²) in [5, 5.41) is 0.754. The summed E-state index contributed by atoms with van der Waals surface area (Å²) in [5.74, 6) is 1.58. The van der Waals surface area contributed by atoms with E-state index in [4.69, 9.17) is 26.8 Å². The van der Waals surface area contributed by atoms with E-state index in [0.717, 1.165) is 40.5 Å². The first-order valence-electron chi connectivity index (χ1n) is 5.40. The van der Waals surface area contributed by atoms with Gasteiger partial charge in [-0.3, -0.25) is 0 Å². The molecule has 0 saturated carbocycles. The van der Waals surface area contributed by atoms with Crippen molar-refractivity contribution in [2.75, 3.05) is 13.7 Å². The molecule has 3 nitrogen and oxygen atoms in total. The van der Waals surface area contributed by atoms with Crippen molar-refractivity contribution in [1.29, 1.82) is 0 Å². The summed E-state index contributed by atoms with van der Waals surface area (Å²) in [5.41, 5.74) is 7.87. The molecule has 1 aliphatic heterocycles. The van der Waals surface area contributed by atoms with Crippen LogP contribution in [0, 0.1) is 0 Å². The van der Waals surface area contributed by atoms with Crippen molar-refractivity contribution in [3.63, 3.8) is 0 Å². The van der Waals surface area contributed by atoms with E-state index in [-0.39, 0.29) is 6.04 Å². The summed E-state index contributed by atoms with van der Waals surface area (Å²) in [4.78, 5) is 0. The molecule has 1 aliphatic rings. The van der Waals surface area contributed by atoms with Crippen LogP contribution in [-0.2, 0) is 12.8 Å². The van der Waals surface area contributed by atoms with Crippen molar-refractivity contribution < 1.29 is 9.47 Å². The molecular formula is C12H16ClNO2. The highest BCUT2D eigenvalue weighted by molar-refractivity contribution is 6.31. The first-order valence-corrected chi connectivity index (χ1v) is 5.78. The van der Waals surface area contributed by atoms with E-state index < -0.39 is 0 Å². The average molecular weight is 242 g/mol. The number of hydrogen-bond donors (Lipinski definition) is 1. The lowest BCUT2D eigenvalue weighted by Gasteiger charge is -2.15. The molecule has 1 aromatic carbocycles. The highest BCUT2D eigenvalue weighted by Crippen LogP contribution is 2.42. The van der Waals surface area contributed by atoms with Crippen LogP contribution < -0.4 is 15.2 Å². The number of halogens is 1. The van der Waals surface area contributed by atoms with Gasteiger partial charge in [0.25, 0.3) is 0 Å². The Morgan fingerprint density at radius 3 is 3.00 bits per heavy atom. The van der Waals surface area contributed by atoms with Gasteiger partial charge < -0.3 is 15.2 Å². The van der Waals surface area contributed by atoms with Crippen LogP contribution in [0.2, 0.25) is 5.02 Å². The van der Waals surface area contributed by atoms with Crippen LogP contribution in [0.25, 0.3) is 0 Å². The van der Waals surface area contributed by atoms with Gasteiger partial charge in [-0.05, 0) is 19.4 Å². The molecule has 1 aromatic rings. The molecule has 0 spiro atoms. The molecule has 0 saturated heterocycles. The second-order valence-electron chi connectivity index (χ2n) is 4.14. The van der Waals surface area contributed by atoms with E-state index in [2.05, 4.69) is 0 Å². The number of benzene rings is 1. The first-order chi connectivity index (χ1) is 7.63.